The fraction of sp³-hybridized carbons (Fsp3) is 0.429. The van der Waals surface area contributed by atoms with Gasteiger partial charge in [0.1, 0.15) is 5.82 Å². The Labute approximate surface area is 112 Å². The van der Waals surface area contributed by atoms with Gasteiger partial charge in [-0.1, -0.05) is 6.07 Å². The van der Waals surface area contributed by atoms with Gasteiger partial charge in [0.05, 0.1) is 13.3 Å². The molecule has 19 heavy (non-hydrogen) atoms. The van der Waals surface area contributed by atoms with E-state index >= 15 is 0 Å². The second-order valence-corrected chi connectivity index (χ2v) is 4.84. The molecule has 1 saturated heterocycles. The lowest BCUT2D eigenvalue weighted by Crippen LogP contribution is -2.33. The summed E-state index contributed by atoms with van der Waals surface area (Å²) in [5.41, 5.74) is 1.31. The lowest BCUT2D eigenvalue weighted by Gasteiger charge is -2.32. The number of H-pyrrole nitrogens is 1. The predicted octanol–water partition coefficient (Wildman–Crippen LogP) is 2.20. The number of anilines is 1. The zero-order chi connectivity index (χ0) is 13.1. The summed E-state index contributed by atoms with van der Waals surface area (Å²) in [7, 11) is 1.64. The molecule has 0 amide bonds. The van der Waals surface area contributed by atoms with Crippen LogP contribution in [-0.2, 0) is 0 Å². The number of methoxy groups -OCH3 is 1. The molecule has 0 aromatic carbocycles. The quantitative estimate of drug-likeness (QED) is 0.917. The van der Waals surface area contributed by atoms with E-state index in [1.807, 2.05) is 18.3 Å². The van der Waals surface area contributed by atoms with Gasteiger partial charge < -0.3 is 9.64 Å². The molecule has 3 heterocycles. The minimum Gasteiger partial charge on any atom is -0.481 e. The molecule has 0 aliphatic carbocycles. The zero-order valence-corrected chi connectivity index (χ0v) is 11.0. The third kappa shape index (κ3) is 2.54. The van der Waals surface area contributed by atoms with E-state index in [1.54, 1.807) is 13.3 Å². The van der Waals surface area contributed by atoms with Crippen LogP contribution in [0.3, 0.4) is 0 Å². The second-order valence-electron chi connectivity index (χ2n) is 4.84. The first kappa shape index (κ1) is 12.0. The smallest absolute Gasteiger partial charge is 0.212 e. The second kappa shape index (κ2) is 5.30. The molecule has 2 aromatic rings. The molecule has 1 aliphatic rings. The fourth-order valence-corrected chi connectivity index (χ4v) is 2.63. The molecular weight excluding hydrogens is 240 g/mol. The number of pyridine rings is 1. The van der Waals surface area contributed by atoms with E-state index in [4.69, 9.17) is 4.74 Å². The summed E-state index contributed by atoms with van der Waals surface area (Å²) in [6.07, 6.45) is 6.03. The Balaban J connectivity index is 1.63. The molecule has 0 unspecified atom stereocenters. The summed E-state index contributed by atoms with van der Waals surface area (Å²) < 4.78 is 5.09. The molecule has 0 radical (unpaired) electrons. The Kier molecular flexibility index (Phi) is 3.35. The maximum atomic E-state index is 5.09. The molecular formula is C14H18N4O. The number of aromatic nitrogens is 3. The first-order valence-corrected chi connectivity index (χ1v) is 6.61. The van der Waals surface area contributed by atoms with Crippen molar-refractivity contribution < 1.29 is 4.74 Å². The van der Waals surface area contributed by atoms with Crippen molar-refractivity contribution in [2.75, 3.05) is 25.1 Å². The average molecular weight is 258 g/mol. The van der Waals surface area contributed by atoms with Gasteiger partial charge in [0.2, 0.25) is 5.88 Å². The maximum absolute atomic E-state index is 5.09. The van der Waals surface area contributed by atoms with Crippen molar-refractivity contribution in [2.45, 2.75) is 18.8 Å². The van der Waals surface area contributed by atoms with Crippen molar-refractivity contribution in [3.8, 4) is 5.88 Å². The van der Waals surface area contributed by atoms with Crippen LogP contribution in [-0.4, -0.2) is 35.4 Å². The Bertz CT molecular complexity index is 501. The van der Waals surface area contributed by atoms with Crippen LogP contribution in [0, 0.1) is 0 Å². The normalized spacial score (nSPS) is 16.6. The van der Waals surface area contributed by atoms with Gasteiger partial charge in [0, 0.05) is 31.4 Å². The molecule has 1 fully saturated rings. The molecule has 0 saturated carbocycles. The van der Waals surface area contributed by atoms with Gasteiger partial charge in [-0.25, -0.2) is 4.98 Å². The van der Waals surface area contributed by atoms with Crippen LogP contribution in [0.5, 0.6) is 5.88 Å². The lowest BCUT2D eigenvalue weighted by molar-refractivity contribution is 0.396. The number of hydrogen-bond acceptors (Lipinski definition) is 4. The number of nitrogens with one attached hydrogen (secondary N) is 1. The van der Waals surface area contributed by atoms with Gasteiger partial charge in [-0.3, -0.25) is 5.10 Å². The highest BCUT2D eigenvalue weighted by molar-refractivity contribution is 5.37. The topological polar surface area (TPSA) is 54.0 Å². The molecule has 5 nitrogen and oxygen atoms in total. The van der Waals surface area contributed by atoms with Gasteiger partial charge in [-0.2, -0.15) is 5.10 Å². The molecule has 1 aliphatic heterocycles. The van der Waals surface area contributed by atoms with Crippen LogP contribution in [0.15, 0.2) is 30.6 Å². The largest absolute Gasteiger partial charge is 0.481 e. The highest BCUT2D eigenvalue weighted by atomic mass is 16.5. The van der Waals surface area contributed by atoms with Crippen LogP contribution >= 0.6 is 0 Å². The van der Waals surface area contributed by atoms with Crippen molar-refractivity contribution in [1.29, 1.82) is 0 Å². The molecule has 5 heteroatoms. The Morgan fingerprint density at radius 3 is 2.68 bits per heavy atom. The predicted molar refractivity (Wildman–Crippen MR) is 73.6 cm³/mol. The van der Waals surface area contributed by atoms with Crippen molar-refractivity contribution in [1.82, 2.24) is 15.2 Å². The molecule has 100 valence electrons. The van der Waals surface area contributed by atoms with Crippen LogP contribution in [0.25, 0.3) is 0 Å². The highest BCUT2D eigenvalue weighted by Crippen LogP contribution is 2.29. The molecule has 0 atom stereocenters. The number of hydrogen-bond donors (Lipinski definition) is 1. The SMILES string of the molecule is COc1ccc(C2CCN(c3ccn[nH]3)CC2)cn1. The van der Waals surface area contributed by atoms with Crippen molar-refractivity contribution in [3.63, 3.8) is 0 Å². The zero-order valence-electron chi connectivity index (χ0n) is 11.0. The molecule has 0 spiro atoms. The standard InChI is InChI=1S/C14H18N4O/c1-19-14-3-2-12(10-15-14)11-5-8-18(9-6-11)13-4-7-16-17-13/h2-4,7,10-11H,5-6,8-9H2,1H3,(H,16,17). The summed E-state index contributed by atoms with van der Waals surface area (Å²) in [5.74, 6) is 2.39. The van der Waals surface area contributed by atoms with E-state index in [-0.39, 0.29) is 0 Å². The number of nitrogens with zero attached hydrogens (tertiary/aromatic N) is 3. The van der Waals surface area contributed by atoms with E-state index < -0.39 is 0 Å². The van der Waals surface area contributed by atoms with Gasteiger partial charge in [0.25, 0.3) is 0 Å². The lowest BCUT2D eigenvalue weighted by atomic mass is 9.90. The fourth-order valence-electron chi connectivity index (χ4n) is 2.63. The first-order valence-electron chi connectivity index (χ1n) is 6.61. The first-order chi connectivity index (χ1) is 9.36. The summed E-state index contributed by atoms with van der Waals surface area (Å²) in [5, 5.41) is 7.03. The van der Waals surface area contributed by atoms with E-state index in [9.17, 15) is 0 Å². The van der Waals surface area contributed by atoms with Crippen molar-refractivity contribution >= 4 is 5.82 Å². The van der Waals surface area contributed by atoms with E-state index in [0.717, 1.165) is 31.7 Å². The minimum absolute atomic E-state index is 0.595. The molecule has 3 rings (SSSR count). The maximum Gasteiger partial charge on any atom is 0.212 e. The number of aromatic amines is 1. The minimum atomic E-state index is 0.595. The van der Waals surface area contributed by atoms with Crippen LogP contribution < -0.4 is 9.64 Å². The molecule has 2 aromatic heterocycles. The third-order valence-corrected chi connectivity index (χ3v) is 3.76. The number of piperidine rings is 1. The van der Waals surface area contributed by atoms with Crippen LogP contribution in [0.2, 0.25) is 0 Å². The molecule has 0 bridgehead atoms. The van der Waals surface area contributed by atoms with Gasteiger partial charge >= 0.3 is 0 Å². The van der Waals surface area contributed by atoms with Gasteiger partial charge in [-0.15, -0.1) is 0 Å². The van der Waals surface area contributed by atoms with Crippen molar-refractivity contribution in [3.05, 3.63) is 36.2 Å². The molecule has 1 N–H and O–H groups in total. The number of ether oxygens (including phenoxy) is 1. The van der Waals surface area contributed by atoms with Gasteiger partial charge in [0.15, 0.2) is 0 Å². The summed E-state index contributed by atoms with van der Waals surface area (Å²) in [6, 6.07) is 6.09. The summed E-state index contributed by atoms with van der Waals surface area (Å²) in [4.78, 5) is 6.64. The van der Waals surface area contributed by atoms with E-state index in [2.05, 4.69) is 26.1 Å². The Hall–Kier alpha value is -2.04. The van der Waals surface area contributed by atoms with E-state index in [0.29, 0.717) is 11.8 Å². The van der Waals surface area contributed by atoms with Crippen LogP contribution in [0.1, 0.15) is 24.3 Å². The third-order valence-electron chi connectivity index (χ3n) is 3.76. The highest BCUT2D eigenvalue weighted by Gasteiger charge is 2.21. The summed E-state index contributed by atoms with van der Waals surface area (Å²) >= 11 is 0. The van der Waals surface area contributed by atoms with E-state index in [1.165, 1.54) is 5.56 Å². The van der Waals surface area contributed by atoms with Crippen molar-refractivity contribution in [2.24, 2.45) is 0 Å². The monoisotopic (exact) mass is 258 g/mol. The summed E-state index contributed by atoms with van der Waals surface area (Å²) in [6.45, 7) is 2.11. The van der Waals surface area contributed by atoms with Crippen LogP contribution in [0.4, 0.5) is 5.82 Å². The Morgan fingerprint density at radius 2 is 2.11 bits per heavy atom. The number of rotatable bonds is 3. The van der Waals surface area contributed by atoms with Gasteiger partial charge in [-0.05, 0) is 24.3 Å². The Morgan fingerprint density at radius 1 is 1.26 bits per heavy atom. The average Bonchev–Trinajstić information content (AvgIpc) is 3.02.